The summed E-state index contributed by atoms with van der Waals surface area (Å²) < 4.78 is 20.6. The number of furan rings is 1. The van der Waals surface area contributed by atoms with Crippen LogP contribution in [-0.2, 0) is 11.3 Å². The number of nitrogens with zero attached hydrogens (tertiary/aromatic N) is 4. The van der Waals surface area contributed by atoms with Gasteiger partial charge >= 0.3 is 0 Å². The molecule has 1 N–H and O–H groups in total. The lowest BCUT2D eigenvalue weighted by Crippen LogP contribution is -2.36. The number of aromatic nitrogens is 1. The Balaban J connectivity index is 1.43. The second kappa shape index (κ2) is 9.92. The predicted molar refractivity (Wildman–Crippen MR) is 125 cm³/mol. The third-order valence-electron chi connectivity index (χ3n) is 6.24. The molecule has 4 rings (SSSR count). The van der Waals surface area contributed by atoms with E-state index in [1.807, 2.05) is 30.5 Å². The van der Waals surface area contributed by atoms with Crippen LogP contribution in [0.5, 0.6) is 0 Å². The molecule has 1 aliphatic heterocycles. The Morgan fingerprint density at radius 1 is 1.15 bits per heavy atom. The zero-order chi connectivity index (χ0) is 23.4. The molecule has 7 nitrogen and oxygen atoms in total. The molecular formula is C25H28FN5O2. The van der Waals surface area contributed by atoms with Gasteiger partial charge in [0, 0.05) is 37.6 Å². The average Bonchev–Trinajstić information content (AvgIpc) is 3.30. The van der Waals surface area contributed by atoms with Crippen molar-refractivity contribution < 1.29 is 13.6 Å². The summed E-state index contributed by atoms with van der Waals surface area (Å²) in [5.74, 6) is 0.865. The lowest BCUT2D eigenvalue weighted by molar-refractivity contribution is -0.117. The minimum absolute atomic E-state index is 0.153. The molecule has 172 valence electrons. The van der Waals surface area contributed by atoms with Gasteiger partial charge in [-0.1, -0.05) is 0 Å². The van der Waals surface area contributed by atoms with Crippen LogP contribution in [0.15, 0.2) is 47.1 Å². The first-order chi connectivity index (χ1) is 16.0. The summed E-state index contributed by atoms with van der Waals surface area (Å²) in [6.07, 6.45) is 2.51. The highest BCUT2D eigenvalue weighted by molar-refractivity contribution is 5.93. The standard InChI is InChI=1S/C25H28FN5O2/c1-18-19(2)31(16-22-5-3-14-33-22)25(23(18)15-27)28-24(32)17-29-10-4-11-30(13-12-29)21-8-6-20(26)7-9-21/h3,5-9,14H,4,10-13,16-17H2,1-2H3,(H,28,32). The van der Waals surface area contributed by atoms with E-state index in [-0.39, 0.29) is 18.3 Å². The van der Waals surface area contributed by atoms with Gasteiger partial charge < -0.3 is 19.2 Å². The third kappa shape index (κ3) is 5.10. The SMILES string of the molecule is Cc1c(C#N)c(NC(=O)CN2CCCN(c3ccc(F)cc3)CC2)n(Cc2ccco2)c1C. The Hall–Kier alpha value is -3.57. The number of rotatable bonds is 6. The molecule has 0 radical (unpaired) electrons. The number of anilines is 2. The number of hydrogen-bond acceptors (Lipinski definition) is 5. The predicted octanol–water partition coefficient (Wildman–Crippen LogP) is 3.91. The van der Waals surface area contributed by atoms with Gasteiger partial charge in [-0.05, 0) is 62.2 Å². The van der Waals surface area contributed by atoms with Crippen molar-refractivity contribution in [3.05, 3.63) is 71.1 Å². The maximum absolute atomic E-state index is 13.2. The van der Waals surface area contributed by atoms with Crippen LogP contribution in [0.1, 0.15) is 29.0 Å². The summed E-state index contributed by atoms with van der Waals surface area (Å²) in [5.41, 5.74) is 3.24. The topological polar surface area (TPSA) is 77.4 Å². The second-order valence-electron chi connectivity index (χ2n) is 8.35. The molecule has 0 atom stereocenters. The maximum Gasteiger partial charge on any atom is 0.239 e. The smallest absolute Gasteiger partial charge is 0.239 e. The number of nitriles is 1. The van der Waals surface area contributed by atoms with Crippen LogP contribution in [0.4, 0.5) is 15.9 Å². The van der Waals surface area contributed by atoms with E-state index in [1.165, 1.54) is 12.1 Å². The Bertz CT molecular complexity index is 1150. The molecule has 1 aromatic carbocycles. The number of nitrogens with one attached hydrogen (secondary N) is 1. The van der Waals surface area contributed by atoms with Crippen molar-refractivity contribution in [2.75, 3.05) is 42.9 Å². The number of halogens is 1. The molecule has 0 unspecified atom stereocenters. The van der Waals surface area contributed by atoms with E-state index in [4.69, 9.17) is 4.42 Å². The largest absolute Gasteiger partial charge is 0.467 e. The zero-order valence-corrected chi connectivity index (χ0v) is 19.0. The molecule has 0 saturated carbocycles. The van der Waals surface area contributed by atoms with Gasteiger partial charge in [-0.25, -0.2) is 4.39 Å². The van der Waals surface area contributed by atoms with Crippen LogP contribution in [0, 0.1) is 31.0 Å². The van der Waals surface area contributed by atoms with E-state index in [2.05, 4.69) is 21.2 Å². The molecular weight excluding hydrogens is 421 g/mol. The lowest BCUT2D eigenvalue weighted by Gasteiger charge is -2.23. The molecule has 0 bridgehead atoms. The van der Waals surface area contributed by atoms with E-state index in [0.29, 0.717) is 17.9 Å². The van der Waals surface area contributed by atoms with E-state index >= 15 is 0 Å². The number of carbonyl (C=O) groups excluding carboxylic acids is 1. The van der Waals surface area contributed by atoms with E-state index < -0.39 is 0 Å². The molecule has 3 aromatic rings. The number of hydrogen-bond donors (Lipinski definition) is 1. The molecule has 8 heteroatoms. The van der Waals surface area contributed by atoms with Gasteiger partial charge in [0.1, 0.15) is 23.5 Å². The van der Waals surface area contributed by atoms with Gasteiger partial charge in [0.05, 0.1) is 24.9 Å². The fourth-order valence-electron chi connectivity index (χ4n) is 4.30. The minimum atomic E-state index is -0.245. The van der Waals surface area contributed by atoms with Crippen molar-refractivity contribution >= 4 is 17.4 Å². The number of amides is 1. The van der Waals surface area contributed by atoms with Gasteiger partial charge in [0.15, 0.2) is 0 Å². The average molecular weight is 450 g/mol. The molecule has 33 heavy (non-hydrogen) atoms. The lowest BCUT2D eigenvalue weighted by atomic mass is 10.2. The molecule has 1 aliphatic rings. The molecule has 1 amide bonds. The van der Waals surface area contributed by atoms with Crippen LogP contribution >= 0.6 is 0 Å². The van der Waals surface area contributed by atoms with E-state index in [1.54, 1.807) is 18.4 Å². The summed E-state index contributed by atoms with van der Waals surface area (Å²) >= 11 is 0. The van der Waals surface area contributed by atoms with Crippen molar-refractivity contribution in [2.45, 2.75) is 26.8 Å². The monoisotopic (exact) mass is 449 g/mol. The minimum Gasteiger partial charge on any atom is -0.467 e. The summed E-state index contributed by atoms with van der Waals surface area (Å²) in [4.78, 5) is 17.3. The van der Waals surface area contributed by atoms with Crippen LogP contribution in [-0.4, -0.2) is 48.1 Å². The fourth-order valence-corrected chi connectivity index (χ4v) is 4.30. The zero-order valence-electron chi connectivity index (χ0n) is 19.0. The van der Waals surface area contributed by atoms with Crippen molar-refractivity contribution in [1.82, 2.24) is 9.47 Å². The molecule has 0 spiro atoms. The van der Waals surface area contributed by atoms with Crippen molar-refractivity contribution in [2.24, 2.45) is 0 Å². The Morgan fingerprint density at radius 2 is 1.94 bits per heavy atom. The van der Waals surface area contributed by atoms with Gasteiger partial charge in [0.25, 0.3) is 0 Å². The van der Waals surface area contributed by atoms with Crippen LogP contribution in [0.25, 0.3) is 0 Å². The summed E-state index contributed by atoms with van der Waals surface area (Å²) in [6.45, 7) is 7.64. The first-order valence-electron chi connectivity index (χ1n) is 11.1. The van der Waals surface area contributed by atoms with Gasteiger partial charge in [-0.15, -0.1) is 0 Å². The molecule has 2 aromatic heterocycles. The van der Waals surface area contributed by atoms with Crippen LogP contribution < -0.4 is 10.2 Å². The molecule has 1 saturated heterocycles. The van der Waals surface area contributed by atoms with E-state index in [9.17, 15) is 14.4 Å². The van der Waals surface area contributed by atoms with Gasteiger partial charge in [-0.2, -0.15) is 5.26 Å². The highest BCUT2D eigenvalue weighted by Gasteiger charge is 2.22. The van der Waals surface area contributed by atoms with Crippen molar-refractivity contribution in [1.29, 1.82) is 5.26 Å². The fraction of sp³-hybridized carbons (Fsp3) is 0.360. The second-order valence-corrected chi connectivity index (χ2v) is 8.35. The van der Waals surface area contributed by atoms with Crippen molar-refractivity contribution in [3.8, 4) is 6.07 Å². The Kier molecular flexibility index (Phi) is 6.80. The quantitative estimate of drug-likeness (QED) is 0.618. The first kappa shape index (κ1) is 22.6. The van der Waals surface area contributed by atoms with E-state index in [0.717, 1.165) is 55.3 Å². The van der Waals surface area contributed by atoms with Crippen LogP contribution in [0.3, 0.4) is 0 Å². The molecule has 3 heterocycles. The number of carbonyl (C=O) groups is 1. The molecule has 1 fully saturated rings. The molecule has 0 aliphatic carbocycles. The summed E-state index contributed by atoms with van der Waals surface area (Å²) in [7, 11) is 0. The highest BCUT2D eigenvalue weighted by atomic mass is 19.1. The maximum atomic E-state index is 13.2. The van der Waals surface area contributed by atoms with Gasteiger partial charge in [-0.3, -0.25) is 9.69 Å². The van der Waals surface area contributed by atoms with Crippen LogP contribution in [0.2, 0.25) is 0 Å². The Labute approximate surface area is 193 Å². The first-order valence-corrected chi connectivity index (χ1v) is 11.1. The summed E-state index contributed by atoms with van der Waals surface area (Å²) in [5, 5.41) is 12.7. The van der Waals surface area contributed by atoms with Crippen molar-refractivity contribution in [3.63, 3.8) is 0 Å². The normalized spacial score (nSPS) is 14.7. The number of benzene rings is 1. The third-order valence-corrected chi connectivity index (χ3v) is 6.24. The van der Waals surface area contributed by atoms with Gasteiger partial charge in [0.2, 0.25) is 5.91 Å². The highest BCUT2D eigenvalue weighted by Crippen LogP contribution is 2.27. The summed E-state index contributed by atoms with van der Waals surface area (Å²) in [6, 6.07) is 12.5. The Morgan fingerprint density at radius 3 is 2.64 bits per heavy atom.